The van der Waals surface area contributed by atoms with E-state index in [9.17, 15) is 4.79 Å². The topological polar surface area (TPSA) is 79.4 Å². The van der Waals surface area contributed by atoms with Crippen molar-refractivity contribution in [2.75, 3.05) is 31.5 Å². The van der Waals surface area contributed by atoms with Gasteiger partial charge in [-0.25, -0.2) is 4.98 Å². The SMILES string of the molecule is CCn1ccnc1CN1CCN(C(C)C(=O)Nc2cc(C)on2)CC1. The number of nitrogens with one attached hydrogen (secondary N) is 1. The molecule has 1 aliphatic rings. The fourth-order valence-electron chi connectivity index (χ4n) is 3.11. The molecule has 1 amide bonds. The quantitative estimate of drug-likeness (QED) is 0.850. The summed E-state index contributed by atoms with van der Waals surface area (Å²) in [6, 6.07) is 1.52. The maximum atomic E-state index is 12.4. The van der Waals surface area contributed by atoms with E-state index in [1.165, 1.54) is 0 Å². The van der Waals surface area contributed by atoms with Crippen LogP contribution in [0.2, 0.25) is 0 Å². The van der Waals surface area contributed by atoms with E-state index in [4.69, 9.17) is 4.52 Å². The van der Waals surface area contributed by atoms with Crippen LogP contribution < -0.4 is 5.32 Å². The highest BCUT2D eigenvalue weighted by molar-refractivity contribution is 5.93. The molecule has 0 radical (unpaired) electrons. The Morgan fingerprint density at radius 1 is 1.36 bits per heavy atom. The predicted molar refractivity (Wildman–Crippen MR) is 94.1 cm³/mol. The van der Waals surface area contributed by atoms with Crippen molar-refractivity contribution in [2.24, 2.45) is 0 Å². The molecule has 0 bridgehead atoms. The van der Waals surface area contributed by atoms with Gasteiger partial charge in [-0.2, -0.15) is 0 Å². The van der Waals surface area contributed by atoms with E-state index < -0.39 is 0 Å². The van der Waals surface area contributed by atoms with Crippen LogP contribution >= 0.6 is 0 Å². The van der Waals surface area contributed by atoms with Gasteiger partial charge in [0.2, 0.25) is 5.91 Å². The number of nitrogens with zero attached hydrogens (tertiary/aromatic N) is 5. The molecule has 0 aliphatic carbocycles. The maximum absolute atomic E-state index is 12.4. The van der Waals surface area contributed by atoms with Crippen LogP contribution in [0.5, 0.6) is 0 Å². The Balaban J connectivity index is 1.48. The second-order valence-electron chi connectivity index (χ2n) is 6.43. The molecule has 1 saturated heterocycles. The minimum absolute atomic E-state index is 0.0525. The van der Waals surface area contributed by atoms with E-state index in [1.54, 1.807) is 13.0 Å². The highest BCUT2D eigenvalue weighted by Gasteiger charge is 2.26. The number of aryl methyl sites for hydroxylation is 2. The van der Waals surface area contributed by atoms with Gasteiger partial charge in [-0.05, 0) is 20.8 Å². The number of rotatable bonds is 6. The third-order valence-corrected chi connectivity index (χ3v) is 4.72. The summed E-state index contributed by atoms with van der Waals surface area (Å²) in [5, 5.41) is 6.62. The first-order chi connectivity index (χ1) is 12.1. The Hall–Kier alpha value is -2.19. The van der Waals surface area contributed by atoms with E-state index in [1.807, 2.05) is 19.3 Å². The normalized spacial score (nSPS) is 17.6. The van der Waals surface area contributed by atoms with Gasteiger partial charge in [0.05, 0.1) is 12.6 Å². The summed E-state index contributed by atoms with van der Waals surface area (Å²) in [5.41, 5.74) is 0. The largest absolute Gasteiger partial charge is 0.360 e. The number of imidazole rings is 1. The molecular formula is C17H26N6O2. The van der Waals surface area contributed by atoms with E-state index >= 15 is 0 Å². The van der Waals surface area contributed by atoms with Gasteiger partial charge >= 0.3 is 0 Å². The van der Waals surface area contributed by atoms with Crippen LogP contribution in [0.15, 0.2) is 23.0 Å². The second kappa shape index (κ2) is 7.79. The first-order valence-electron chi connectivity index (χ1n) is 8.77. The molecule has 3 rings (SSSR count). The zero-order chi connectivity index (χ0) is 17.8. The first kappa shape index (κ1) is 17.6. The summed E-state index contributed by atoms with van der Waals surface area (Å²) < 4.78 is 7.15. The molecule has 0 saturated carbocycles. The lowest BCUT2D eigenvalue weighted by atomic mass is 10.2. The monoisotopic (exact) mass is 346 g/mol. The molecule has 136 valence electrons. The molecule has 0 spiro atoms. The molecule has 1 fully saturated rings. The van der Waals surface area contributed by atoms with Crippen molar-refractivity contribution in [3.8, 4) is 0 Å². The van der Waals surface area contributed by atoms with Crippen molar-refractivity contribution < 1.29 is 9.32 Å². The van der Waals surface area contributed by atoms with Crippen molar-refractivity contribution in [1.82, 2.24) is 24.5 Å². The number of carbonyl (C=O) groups is 1. The van der Waals surface area contributed by atoms with Gasteiger partial charge in [0.25, 0.3) is 0 Å². The molecule has 2 aromatic heterocycles. The Morgan fingerprint density at radius 3 is 2.76 bits per heavy atom. The minimum Gasteiger partial charge on any atom is -0.360 e. The van der Waals surface area contributed by atoms with Crippen LogP contribution in [0, 0.1) is 6.92 Å². The summed E-state index contributed by atoms with van der Waals surface area (Å²) in [6.45, 7) is 11.2. The van der Waals surface area contributed by atoms with Gasteiger partial charge in [0.1, 0.15) is 11.6 Å². The first-order valence-corrected chi connectivity index (χ1v) is 8.77. The molecular weight excluding hydrogens is 320 g/mol. The molecule has 0 aromatic carbocycles. The van der Waals surface area contributed by atoms with E-state index in [2.05, 4.69) is 36.7 Å². The van der Waals surface area contributed by atoms with Crippen LogP contribution in [0.1, 0.15) is 25.4 Å². The van der Waals surface area contributed by atoms with E-state index in [-0.39, 0.29) is 11.9 Å². The third kappa shape index (κ3) is 4.26. The Bertz CT molecular complexity index is 702. The van der Waals surface area contributed by atoms with Gasteiger partial charge in [-0.3, -0.25) is 14.6 Å². The lowest BCUT2D eigenvalue weighted by molar-refractivity contribution is -0.121. The molecule has 1 atom stereocenters. The second-order valence-corrected chi connectivity index (χ2v) is 6.43. The molecule has 2 aromatic rings. The number of hydrogen-bond donors (Lipinski definition) is 1. The summed E-state index contributed by atoms with van der Waals surface area (Å²) in [4.78, 5) is 21.4. The average molecular weight is 346 g/mol. The van der Waals surface area contributed by atoms with Crippen LogP contribution in [0.25, 0.3) is 0 Å². The van der Waals surface area contributed by atoms with Gasteiger partial charge in [-0.1, -0.05) is 5.16 Å². The summed E-state index contributed by atoms with van der Waals surface area (Å²) >= 11 is 0. The molecule has 1 aliphatic heterocycles. The molecule has 3 heterocycles. The average Bonchev–Trinajstić information content (AvgIpc) is 3.23. The number of carbonyl (C=O) groups excluding carboxylic acids is 1. The van der Waals surface area contributed by atoms with Crippen molar-refractivity contribution >= 4 is 11.7 Å². The fraction of sp³-hybridized carbons (Fsp3) is 0.588. The Labute approximate surface area is 147 Å². The minimum atomic E-state index is -0.197. The number of amides is 1. The van der Waals surface area contributed by atoms with Gasteiger partial charge < -0.3 is 14.4 Å². The fourth-order valence-corrected chi connectivity index (χ4v) is 3.11. The Morgan fingerprint density at radius 2 is 2.12 bits per heavy atom. The van der Waals surface area contributed by atoms with E-state index in [0.717, 1.165) is 45.1 Å². The number of anilines is 1. The lowest BCUT2D eigenvalue weighted by Gasteiger charge is -2.37. The van der Waals surface area contributed by atoms with Crippen molar-refractivity contribution in [3.63, 3.8) is 0 Å². The zero-order valence-electron chi connectivity index (χ0n) is 15.1. The van der Waals surface area contributed by atoms with E-state index in [0.29, 0.717) is 11.6 Å². The summed E-state index contributed by atoms with van der Waals surface area (Å²) in [6.07, 6.45) is 3.87. The number of hydrogen-bond acceptors (Lipinski definition) is 6. The summed E-state index contributed by atoms with van der Waals surface area (Å²) in [7, 11) is 0. The van der Waals surface area contributed by atoms with Crippen LogP contribution in [-0.4, -0.2) is 62.6 Å². The van der Waals surface area contributed by atoms with Gasteiger partial charge in [0.15, 0.2) is 5.82 Å². The maximum Gasteiger partial charge on any atom is 0.242 e. The van der Waals surface area contributed by atoms with Gasteiger partial charge in [0, 0.05) is 51.2 Å². The van der Waals surface area contributed by atoms with Crippen LogP contribution in [0.3, 0.4) is 0 Å². The lowest BCUT2D eigenvalue weighted by Crippen LogP contribution is -2.52. The standard InChI is InChI=1S/C17H26N6O2/c1-4-22-6-5-18-16(22)12-21-7-9-23(10-8-21)14(3)17(24)19-15-11-13(2)25-20-15/h5-6,11,14H,4,7-10,12H2,1-3H3,(H,19,20,24). The van der Waals surface area contributed by atoms with Crippen molar-refractivity contribution in [3.05, 3.63) is 30.0 Å². The molecule has 1 N–H and O–H groups in total. The third-order valence-electron chi connectivity index (χ3n) is 4.72. The zero-order valence-corrected chi connectivity index (χ0v) is 15.1. The van der Waals surface area contributed by atoms with Crippen molar-refractivity contribution in [2.45, 2.75) is 39.9 Å². The number of aromatic nitrogens is 3. The van der Waals surface area contributed by atoms with Crippen LogP contribution in [-0.2, 0) is 17.9 Å². The van der Waals surface area contributed by atoms with Crippen LogP contribution in [0.4, 0.5) is 5.82 Å². The molecule has 8 nitrogen and oxygen atoms in total. The van der Waals surface area contributed by atoms with Crippen molar-refractivity contribution in [1.29, 1.82) is 0 Å². The Kier molecular flexibility index (Phi) is 5.50. The summed E-state index contributed by atoms with van der Waals surface area (Å²) in [5.74, 6) is 2.20. The molecule has 8 heteroatoms. The number of piperazine rings is 1. The van der Waals surface area contributed by atoms with Gasteiger partial charge in [-0.15, -0.1) is 0 Å². The molecule has 1 unspecified atom stereocenters. The predicted octanol–water partition coefficient (Wildman–Crippen LogP) is 1.34. The molecule has 25 heavy (non-hydrogen) atoms. The highest BCUT2D eigenvalue weighted by Crippen LogP contribution is 2.12. The highest BCUT2D eigenvalue weighted by atomic mass is 16.5. The smallest absolute Gasteiger partial charge is 0.242 e.